The van der Waals surface area contributed by atoms with Gasteiger partial charge < -0.3 is 23.8 Å². The number of hydrogen-bond donors (Lipinski definition) is 0. The van der Waals surface area contributed by atoms with Gasteiger partial charge in [-0.25, -0.2) is 0 Å². The maximum absolute atomic E-state index is 2.63. The Labute approximate surface area is 468 Å². The number of benzene rings is 12. The van der Waals surface area contributed by atoms with E-state index in [1.165, 1.54) is 120 Å². The van der Waals surface area contributed by atoms with E-state index in [9.17, 15) is 0 Å². The van der Waals surface area contributed by atoms with Crippen LogP contribution < -0.4 is 47.5 Å². The van der Waals surface area contributed by atoms with Crippen LogP contribution in [0.5, 0.6) is 0 Å². The molecule has 0 fully saturated rings. The summed E-state index contributed by atoms with van der Waals surface area (Å²) in [4.78, 5) is 10.2. The number of nitrogens with zero attached hydrogens (tertiary/aromatic N) is 5. The number of aromatic nitrogens is 2. The Bertz CT molecular complexity index is 4810. The largest absolute Gasteiger partial charge is 0.311 e. The molecule has 0 saturated carbocycles. The third-order valence-electron chi connectivity index (χ3n) is 17.5. The van der Waals surface area contributed by atoms with Crippen molar-refractivity contribution in [3.63, 3.8) is 0 Å². The minimum absolute atomic E-state index is 0.0340. The molecule has 0 radical (unpaired) electrons. The van der Waals surface area contributed by atoms with Crippen molar-refractivity contribution >= 4 is 153 Å². The molecule has 8 heteroatoms. The molecule has 2 aromatic heterocycles. The quantitative estimate of drug-likeness (QED) is 0.160. The minimum Gasteiger partial charge on any atom is -0.311 e. The van der Waals surface area contributed by atoms with E-state index in [1.54, 1.807) is 0 Å². The molecule has 0 bridgehead atoms. The monoisotopic (exact) mass is 1030 g/mol. The van der Waals surface area contributed by atoms with Gasteiger partial charge in [0.25, 0.3) is 6.71 Å². The van der Waals surface area contributed by atoms with Gasteiger partial charge in [-0.05, 0) is 130 Å². The van der Waals surface area contributed by atoms with E-state index in [0.717, 1.165) is 28.4 Å². The molecule has 18 rings (SSSR count). The van der Waals surface area contributed by atoms with Gasteiger partial charge in [0.15, 0.2) is 0 Å². The minimum atomic E-state index is -0.0770. The smallest absolute Gasteiger partial charge is 0.252 e. The first-order chi connectivity index (χ1) is 39.7. The van der Waals surface area contributed by atoms with Crippen molar-refractivity contribution < 1.29 is 0 Å². The van der Waals surface area contributed by atoms with E-state index in [-0.39, 0.29) is 13.4 Å². The molecule has 0 amide bonds. The number of fused-ring (bicyclic) bond motifs is 14. The fourth-order valence-electron chi connectivity index (χ4n) is 14.3. The average molecular weight is 1030 g/mol. The van der Waals surface area contributed by atoms with Crippen LogP contribution in [0.25, 0.3) is 55.0 Å². The van der Waals surface area contributed by atoms with E-state index in [2.05, 4.69) is 297 Å². The zero-order chi connectivity index (χ0) is 52.2. The lowest BCUT2D eigenvalue weighted by atomic mass is 9.31. The van der Waals surface area contributed by atoms with Crippen LogP contribution in [0, 0.1) is 0 Å². The fourth-order valence-corrected chi connectivity index (χ4v) is 15.5. The normalized spacial score (nSPS) is 13.6. The lowest BCUT2D eigenvalue weighted by Gasteiger charge is -2.45. The van der Waals surface area contributed by atoms with Gasteiger partial charge >= 0.3 is 0 Å². The SMILES string of the molecule is c1ccc(N2c3ccccc3B3c4cc5c(cc4Sc4cc(-n6c7ccccc7c7ccccc76)cc2c43)N(c2ccccc2)c2cc(-n3c4ccccc4c4ccccc43)cc3c2B5c2ccccc2N3c2ccccc2)cc1. The van der Waals surface area contributed by atoms with Crippen LogP contribution in [0.3, 0.4) is 0 Å². The van der Waals surface area contributed by atoms with Gasteiger partial charge in [0.05, 0.1) is 27.8 Å². The lowest BCUT2D eigenvalue weighted by molar-refractivity contribution is 1.15. The lowest BCUT2D eigenvalue weighted by Crippen LogP contribution is -2.64. The van der Waals surface area contributed by atoms with Gasteiger partial charge in [0.2, 0.25) is 6.71 Å². The van der Waals surface area contributed by atoms with E-state index in [4.69, 9.17) is 0 Å². The number of para-hydroxylation sites is 9. The summed E-state index contributed by atoms with van der Waals surface area (Å²) in [5, 5.41) is 4.99. The van der Waals surface area contributed by atoms with Crippen LogP contribution in [0.15, 0.2) is 283 Å². The summed E-state index contributed by atoms with van der Waals surface area (Å²) in [6.45, 7) is -0.111. The van der Waals surface area contributed by atoms with Crippen LogP contribution in [0.4, 0.5) is 51.2 Å². The van der Waals surface area contributed by atoms with Crippen molar-refractivity contribution in [2.75, 3.05) is 14.7 Å². The van der Waals surface area contributed by atoms with Crippen LogP contribution in [0.2, 0.25) is 0 Å². The maximum Gasteiger partial charge on any atom is 0.252 e. The van der Waals surface area contributed by atoms with Gasteiger partial charge in [0.1, 0.15) is 0 Å². The number of anilines is 9. The zero-order valence-electron chi connectivity index (χ0n) is 43.3. The first-order valence-corrected chi connectivity index (χ1v) is 28.5. The topological polar surface area (TPSA) is 19.6 Å². The Hall–Kier alpha value is -9.88. The zero-order valence-corrected chi connectivity index (χ0v) is 44.1. The Morgan fingerprint density at radius 1 is 0.237 bits per heavy atom. The van der Waals surface area contributed by atoms with Crippen molar-refractivity contribution in [1.82, 2.24) is 9.13 Å². The molecular formula is C72H45B2N5S. The summed E-state index contributed by atoms with van der Waals surface area (Å²) >= 11 is 1.93. The van der Waals surface area contributed by atoms with Gasteiger partial charge in [-0.1, -0.05) is 187 Å². The van der Waals surface area contributed by atoms with E-state index in [1.807, 2.05) is 11.8 Å². The van der Waals surface area contributed by atoms with Crippen LogP contribution in [-0.4, -0.2) is 22.6 Å². The third-order valence-corrected chi connectivity index (χ3v) is 18.6. The van der Waals surface area contributed by atoms with E-state index in [0.29, 0.717) is 0 Å². The van der Waals surface area contributed by atoms with Crippen molar-refractivity contribution in [3.8, 4) is 11.4 Å². The van der Waals surface area contributed by atoms with Crippen molar-refractivity contribution in [2.45, 2.75) is 9.79 Å². The maximum atomic E-state index is 2.63. The Morgan fingerprint density at radius 2 is 0.600 bits per heavy atom. The highest BCUT2D eigenvalue weighted by Crippen LogP contribution is 2.49. The standard InChI is InChI=1S/C72H45B2N5S/c1-4-22-46(23-5-1)75-63-38-20-14-32-55(63)73-57-44-58-69(45-65(57)77(48-26-8-3-9-27-48)67-41-49(40-66(75)71(67)73)78-59-34-16-10-28-51(59)52-29-11-17-35-60(52)78)80-70-43-50(79-61-36-18-12-30-53(61)54-31-13-19-37-62(54)79)42-68-72(70)74(58)56-33-15-21-39-64(56)76(68)47-24-6-2-7-25-47/h1-45H. The summed E-state index contributed by atoms with van der Waals surface area (Å²) in [5.74, 6) is 0. The molecule has 4 aliphatic heterocycles. The van der Waals surface area contributed by atoms with Gasteiger partial charge in [0, 0.05) is 88.2 Å². The van der Waals surface area contributed by atoms with Gasteiger partial charge in [-0.3, -0.25) is 0 Å². The molecular weight excluding hydrogens is 989 g/mol. The van der Waals surface area contributed by atoms with Crippen molar-refractivity contribution in [2.24, 2.45) is 0 Å². The summed E-state index contributed by atoms with van der Waals surface area (Å²) in [5.41, 5.74) is 25.5. The second-order valence-electron chi connectivity index (χ2n) is 21.6. The van der Waals surface area contributed by atoms with Gasteiger partial charge in [-0.15, -0.1) is 0 Å². The van der Waals surface area contributed by atoms with Crippen molar-refractivity contribution in [3.05, 3.63) is 273 Å². The molecule has 0 spiro atoms. The van der Waals surface area contributed by atoms with Gasteiger partial charge in [-0.2, -0.15) is 0 Å². The molecule has 80 heavy (non-hydrogen) atoms. The Balaban J connectivity index is 0.937. The van der Waals surface area contributed by atoms with Crippen LogP contribution in [0.1, 0.15) is 0 Å². The molecule has 12 aromatic carbocycles. The number of rotatable bonds is 5. The molecule has 14 aromatic rings. The molecule has 6 heterocycles. The third kappa shape index (κ3) is 6.11. The first kappa shape index (κ1) is 44.1. The van der Waals surface area contributed by atoms with Crippen LogP contribution >= 0.6 is 11.8 Å². The first-order valence-electron chi connectivity index (χ1n) is 27.7. The average Bonchev–Trinajstić information content (AvgIpc) is 4.03. The summed E-state index contributed by atoms with van der Waals surface area (Å²) < 4.78 is 4.98. The molecule has 370 valence electrons. The summed E-state index contributed by atoms with van der Waals surface area (Å²) in [6.07, 6.45) is 0. The molecule has 0 unspecified atom stereocenters. The highest BCUT2D eigenvalue weighted by molar-refractivity contribution is 8.00. The molecule has 0 N–H and O–H groups in total. The second-order valence-corrected chi connectivity index (χ2v) is 22.6. The van der Waals surface area contributed by atoms with Crippen molar-refractivity contribution in [1.29, 1.82) is 0 Å². The highest BCUT2D eigenvalue weighted by Gasteiger charge is 2.47. The predicted molar refractivity (Wildman–Crippen MR) is 339 cm³/mol. The number of hydrogen-bond acceptors (Lipinski definition) is 4. The Kier molecular flexibility index (Phi) is 9.28. The van der Waals surface area contributed by atoms with Crippen LogP contribution in [-0.2, 0) is 0 Å². The summed E-state index contributed by atoms with van der Waals surface area (Å²) in [7, 11) is 0. The second kappa shape index (κ2) is 16.8. The Morgan fingerprint density at radius 3 is 1.06 bits per heavy atom. The molecule has 0 atom stereocenters. The fraction of sp³-hybridized carbons (Fsp3) is 0. The predicted octanol–water partition coefficient (Wildman–Crippen LogP) is 14.7. The molecule has 0 saturated heterocycles. The molecule has 4 aliphatic rings. The van der Waals surface area contributed by atoms with E-state index < -0.39 is 0 Å². The van der Waals surface area contributed by atoms with E-state index >= 15 is 0 Å². The molecule has 5 nitrogen and oxygen atoms in total. The highest BCUT2D eigenvalue weighted by atomic mass is 32.2. The molecule has 0 aliphatic carbocycles. The summed E-state index contributed by atoms with van der Waals surface area (Å²) in [6, 6.07) is 102.